The van der Waals surface area contributed by atoms with Gasteiger partial charge < -0.3 is 4.18 Å². The van der Waals surface area contributed by atoms with Gasteiger partial charge in [-0.3, -0.25) is 4.57 Å². The van der Waals surface area contributed by atoms with Crippen molar-refractivity contribution in [2.24, 2.45) is 0 Å². The van der Waals surface area contributed by atoms with E-state index in [1.165, 1.54) is 11.8 Å². The Balaban J connectivity index is 1.62. The predicted octanol–water partition coefficient (Wildman–Crippen LogP) is 3.68. The monoisotopic (exact) mass is 374 g/mol. The predicted molar refractivity (Wildman–Crippen MR) is 99.9 cm³/mol. The van der Waals surface area contributed by atoms with Gasteiger partial charge >= 0.3 is 10.1 Å². The third kappa shape index (κ3) is 4.87. The topological polar surface area (TPSA) is 61.2 Å². The summed E-state index contributed by atoms with van der Waals surface area (Å²) in [6.07, 6.45) is 3.58. The molecule has 0 bridgehead atoms. The number of imidazole rings is 1. The summed E-state index contributed by atoms with van der Waals surface area (Å²) in [7, 11) is -3.63. The van der Waals surface area contributed by atoms with Crippen LogP contribution in [0.2, 0.25) is 0 Å². The molecule has 0 saturated heterocycles. The molecule has 0 aliphatic heterocycles. The van der Waals surface area contributed by atoms with Gasteiger partial charge in [-0.25, -0.2) is 4.98 Å². The zero-order valence-corrected chi connectivity index (χ0v) is 15.3. The first-order chi connectivity index (χ1) is 12.0. The average Bonchev–Trinajstić information content (AvgIpc) is 3.03. The number of para-hydroxylation sites is 1. The molecule has 0 aliphatic carbocycles. The molecule has 0 amide bonds. The van der Waals surface area contributed by atoms with Gasteiger partial charge in [-0.15, -0.1) is 0 Å². The summed E-state index contributed by atoms with van der Waals surface area (Å²) in [5.41, 5.74) is 2.16. The molecule has 1 heterocycles. The summed E-state index contributed by atoms with van der Waals surface area (Å²) in [5.74, 6) is 0.597. The zero-order chi connectivity index (χ0) is 17.7. The number of hydrogen-bond acceptors (Lipinski definition) is 5. The molecule has 3 aromatic rings. The van der Waals surface area contributed by atoms with Gasteiger partial charge in [-0.1, -0.05) is 42.1 Å². The van der Waals surface area contributed by atoms with E-state index >= 15 is 0 Å². The zero-order valence-electron chi connectivity index (χ0n) is 13.7. The minimum absolute atomic E-state index is 0.0900. The minimum Gasteiger partial charge on any atom is -0.382 e. The van der Waals surface area contributed by atoms with Crippen LogP contribution in [0.3, 0.4) is 0 Å². The first kappa shape index (κ1) is 17.6. The second-order valence-electron chi connectivity index (χ2n) is 5.43. The Morgan fingerprint density at radius 3 is 2.68 bits per heavy atom. The normalized spacial score (nSPS) is 11.4. The van der Waals surface area contributed by atoms with Crippen molar-refractivity contribution >= 4 is 21.9 Å². The van der Waals surface area contributed by atoms with Crippen LogP contribution in [0.25, 0.3) is 5.69 Å². The van der Waals surface area contributed by atoms with Crippen LogP contribution in [0.5, 0.6) is 5.75 Å². The van der Waals surface area contributed by atoms with Crippen LogP contribution < -0.4 is 4.18 Å². The van der Waals surface area contributed by atoms with Gasteiger partial charge in [0.2, 0.25) is 0 Å². The summed E-state index contributed by atoms with van der Waals surface area (Å²) in [6.45, 7) is 2.03. The molecular weight excluding hydrogens is 356 g/mol. The first-order valence-corrected chi connectivity index (χ1v) is 10.3. The first-order valence-electron chi connectivity index (χ1n) is 7.74. The molecule has 25 heavy (non-hydrogen) atoms. The number of nitrogens with zero attached hydrogens (tertiary/aromatic N) is 2. The molecule has 7 heteroatoms. The highest BCUT2D eigenvalue weighted by Crippen LogP contribution is 2.22. The Labute approximate surface area is 151 Å². The molecule has 130 valence electrons. The lowest BCUT2D eigenvalue weighted by Gasteiger charge is -2.09. The maximum atomic E-state index is 12.1. The largest absolute Gasteiger partial charge is 0.382 e. The molecule has 0 saturated carbocycles. The third-order valence-electron chi connectivity index (χ3n) is 3.42. The quantitative estimate of drug-likeness (QED) is 0.466. The van der Waals surface area contributed by atoms with Crippen LogP contribution in [0.4, 0.5) is 0 Å². The van der Waals surface area contributed by atoms with E-state index in [4.69, 9.17) is 4.18 Å². The fourth-order valence-electron chi connectivity index (χ4n) is 2.27. The van der Waals surface area contributed by atoms with E-state index in [1.807, 2.05) is 35.9 Å². The van der Waals surface area contributed by atoms with Crippen molar-refractivity contribution in [1.29, 1.82) is 0 Å². The van der Waals surface area contributed by atoms with Gasteiger partial charge in [0, 0.05) is 23.8 Å². The molecule has 0 N–H and O–H groups in total. The molecule has 3 rings (SSSR count). The number of rotatable bonds is 7. The van der Waals surface area contributed by atoms with Crippen molar-refractivity contribution in [3.63, 3.8) is 0 Å². The summed E-state index contributed by atoms with van der Waals surface area (Å²) >= 11 is 1.38. The lowest BCUT2D eigenvalue weighted by molar-refractivity contribution is 0.488. The average molecular weight is 374 g/mol. The highest BCUT2D eigenvalue weighted by atomic mass is 32.2. The number of thioether (sulfide) groups is 1. The fourth-order valence-corrected chi connectivity index (χ4v) is 4.53. The minimum atomic E-state index is -3.63. The molecule has 5 nitrogen and oxygen atoms in total. The number of aryl methyl sites for hydroxylation is 1. The number of hydrogen-bond donors (Lipinski definition) is 0. The summed E-state index contributed by atoms with van der Waals surface area (Å²) in [4.78, 5) is 4.32. The Hall–Kier alpha value is -2.25. The Kier molecular flexibility index (Phi) is 5.45. The second-order valence-corrected chi connectivity index (χ2v) is 8.18. The van der Waals surface area contributed by atoms with Crippen molar-refractivity contribution in [3.05, 3.63) is 72.6 Å². The number of aromatic nitrogens is 2. The van der Waals surface area contributed by atoms with E-state index in [-0.39, 0.29) is 5.75 Å². The van der Waals surface area contributed by atoms with E-state index in [2.05, 4.69) is 11.1 Å². The van der Waals surface area contributed by atoms with Crippen LogP contribution in [-0.4, -0.2) is 29.5 Å². The number of benzene rings is 2. The Bertz CT molecular complexity index is 938. The van der Waals surface area contributed by atoms with E-state index in [1.54, 1.807) is 36.5 Å². The maximum Gasteiger partial charge on any atom is 0.310 e. The molecule has 1 aromatic heterocycles. The van der Waals surface area contributed by atoms with Crippen LogP contribution in [0, 0.1) is 6.92 Å². The molecule has 0 unspecified atom stereocenters. The smallest absolute Gasteiger partial charge is 0.310 e. The standard InChI is InChI=1S/C18H18N2O3S2/c1-15-6-5-7-16(14-15)20-11-10-19-18(20)24-12-13-25(21,22)23-17-8-3-2-4-9-17/h2-11,14H,12-13H2,1H3. The van der Waals surface area contributed by atoms with Crippen LogP contribution >= 0.6 is 11.8 Å². The van der Waals surface area contributed by atoms with E-state index in [0.717, 1.165) is 16.4 Å². The molecule has 0 fully saturated rings. The molecule has 0 atom stereocenters. The molecular formula is C18H18N2O3S2. The van der Waals surface area contributed by atoms with E-state index in [0.29, 0.717) is 11.5 Å². The molecule has 0 radical (unpaired) electrons. The van der Waals surface area contributed by atoms with Gasteiger partial charge in [0.15, 0.2) is 5.16 Å². The maximum absolute atomic E-state index is 12.1. The lowest BCUT2D eigenvalue weighted by Crippen LogP contribution is -2.15. The van der Waals surface area contributed by atoms with Crippen molar-refractivity contribution in [3.8, 4) is 11.4 Å². The fraction of sp³-hybridized carbons (Fsp3) is 0.167. The second kappa shape index (κ2) is 7.76. The van der Waals surface area contributed by atoms with Gasteiger partial charge in [-0.05, 0) is 36.8 Å². The molecule has 0 spiro atoms. The third-order valence-corrected chi connectivity index (χ3v) is 5.79. The van der Waals surface area contributed by atoms with E-state index in [9.17, 15) is 8.42 Å². The van der Waals surface area contributed by atoms with Gasteiger partial charge in [0.05, 0.1) is 5.75 Å². The van der Waals surface area contributed by atoms with Crippen molar-refractivity contribution in [2.45, 2.75) is 12.1 Å². The molecule has 2 aromatic carbocycles. The van der Waals surface area contributed by atoms with Crippen molar-refractivity contribution in [2.75, 3.05) is 11.5 Å². The summed E-state index contributed by atoms with van der Waals surface area (Å²) in [6, 6.07) is 16.6. The highest BCUT2D eigenvalue weighted by molar-refractivity contribution is 8.00. The molecule has 0 aliphatic rings. The summed E-state index contributed by atoms with van der Waals surface area (Å²) < 4.78 is 31.2. The van der Waals surface area contributed by atoms with Crippen LogP contribution in [-0.2, 0) is 10.1 Å². The Morgan fingerprint density at radius 2 is 1.92 bits per heavy atom. The van der Waals surface area contributed by atoms with Crippen molar-refractivity contribution < 1.29 is 12.6 Å². The van der Waals surface area contributed by atoms with Crippen molar-refractivity contribution in [1.82, 2.24) is 9.55 Å². The van der Waals surface area contributed by atoms with Gasteiger partial charge in [-0.2, -0.15) is 8.42 Å². The Morgan fingerprint density at radius 1 is 1.12 bits per heavy atom. The van der Waals surface area contributed by atoms with Crippen LogP contribution in [0.15, 0.2) is 72.1 Å². The van der Waals surface area contributed by atoms with Crippen LogP contribution in [0.1, 0.15) is 5.56 Å². The highest BCUT2D eigenvalue weighted by Gasteiger charge is 2.14. The summed E-state index contributed by atoms with van der Waals surface area (Å²) in [5, 5.41) is 0.750. The SMILES string of the molecule is Cc1cccc(-n2ccnc2SCCS(=O)(=O)Oc2ccccc2)c1. The van der Waals surface area contributed by atoms with E-state index < -0.39 is 10.1 Å². The van der Waals surface area contributed by atoms with Gasteiger partial charge in [0.1, 0.15) is 5.75 Å². The lowest BCUT2D eigenvalue weighted by atomic mass is 10.2. The van der Waals surface area contributed by atoms with Gasteiger partial charge in [0.25, 0.3) is 0 Å².